The van der Waals surface area contributed by atoms with Crippen molar-refractivity contribution in [2.75, 3.05) is 7.11 Å². The molecule has 26 heavy (non-hydrogen) atoms. The summed E-state index contributed by atoms with van der Waals surface area (Å²) < 4.78 is 11.1. The van der Waals surface area contributed by atoms with Crippen LogP contribution in [-0.2, 0) is 9.53 Å². The summed E-state index contributed by atoms with van der Waals surface area (Å²) in [6.45, 7) is 1.69. The van der Waals surface area contributed by atoms with E-state index in [-0.39, 0.29) is 29.9 Å². The molecule has 2 rings (SSSR count). The second-order valence-electron chi connectivity index (χ2n) is 6.02. The Hall–Kier alpha value is -2.12. The smallest absolute Gasteiger partial charge is 0.342 e. The van der Waals surface area contributed by atoms with E-state index in [1.165, 1.54) is 19.3 Å². The average Bonchev–Trinajstić information content (AvgIpc) is 2.56. The number of rotatable bonds is 1. The number of methoxy groups -OCH3 is 1. The summed E-state index contributed by atoms with van der Waals surface area (Å²) in [5.41, 5.74) is 0.387. The molecule has 1 aliphatic heterocycles. The van der Waals surface area contributed by atoms with E-state index < -0.39 is 18.2 Å². The Kier molecular flexibility index (Phi) is 6.99. The minimum absolute atomic E-state index is 0.00635. The normalized spacial score (nSPS) is 24.2. The molecular weight excluding hydrogens is 404 g/mol. The summed E-state index contributed by atoms with van der Waals surface area (Å²) in [6, 6.07) is 1.33. The Morgan fingerprint density at radius 3 is 2.62 bits per heavy atom. The van der Waals surface area contributed by atoms with Crippen LogP contribution >= 0.6 is 15.9 Å². The highest BCUT2D eigenvalue weighted by molar-refractivity contribution is 9.10. The lowest BCUT2D eigenvalue weighted by Gasteiger charge is -2.17. The highest BCUT2D eigenvalue weighted by Gasteiger charge is 2.24. The number of cyclic esters (lactones) is 1. The molecule has 0 bridgehead atoms. The molecule has 0 radical (unpaired) electrons. The van der Waals surface area contributed by atoms with Crippen LogP contribution in [0.3, 0.4) is 0 Å². The number of carbonyl (C=O) groups excluding carboxylic acids is 2. The molecule has 0 saturated carbocycles. The van der Waals surface area contributed by atoms with Gasteiger partial charge in [0.25, 0.3) is 0 Å². The van der Waals surface area contributed by atoms with Gasteiger partial charge in [-0.15, -0.1) is 0 Å². The molecule has 0 aromatic heterocycles. The van der Waals surface area contributed by atoms with Gasteiger partial charge in [0.2, 0.25) is 0 Å². The second kappa shape index (κ2) is 9.00. The highest BCUT2D eigenvalue weighted by atomic mass is 79.9. The predicted molar refractivity (Wildman–Crippen MR) is 100 cm³/mol. The molecule has 140 valence electrons. The van der Waals surface area contributed by atoms with Gasteiger partial charge in [-0.3, -0.25) is 4.79 Å². The van der Waals surface area contributed by atoms with Crippen LogP contribution in [0.15, 0.2) is 28.8 Å². The number of benzene rings is 1. The molecule has 2 unspecified atom stereocenters. The first kappa shape index (κ1) is 20.2. The monoisotopic (exact) mass is 424 g/mol. The van der Waals surface area contributed by atoms with Crippen molar-refractivity contribution in [2.24, 2.45) is 0 Å². The van der Waals surface area contributed by atoms with Gasteiger partial charge in [-0.1, -0.05) is 18.2 Å². The number of halogens is 1. The van der Waals surface area contributed by atoms with Crippen molar-refractivity contribution in [3.8, 4) is 11.5 Å². The first-order valence-electron chi connectivity index (χ1n) is 8.17. The number of aliphatic hydroxyl groups excluding tert-OH is 1. The van der Waals surface area contributed by atoms with Gasteiger partial charge >= 0.3 is 5.97 Å². The molecule has 1 aliphatic rings. The summed E-state index contributed by atoms with van der Waals surface area (Å²) in [5.74, 6) is -0.787. The lowest BCUT2D eigenvalue weighted by molar-refractivity contribution is -0.116. The van der Waals surface area contributed by atoms with Gasteiger partial charge in [-0.05, 0) is 35.4 Å². The number of hydrogen-bond donors (Lipinski definition) is 2. The topological polar surface area (TPSA) is 93.1 Å². The van der Waals surface area contributed by atoms with Gasteiger partial charge in [0.15, 0.2) is 5.78 Å². The van der Waals surface area contributed by atoms with Gasteiger partial charge in [-0.2, -0.15) is 0 Å². The summed E-state index contributed by atoms with van der Waals surface area (Å²) in [7, 11) is 1.45. The number of hydrogen-bond acceptors (Lipinski definition) is 6. The number of phenols is 1. The molecule has 7 heteroatoms. The number of carbonyl (C=O) groups is 2. The minimum atomic E-state index is -0.836. The molecule has 1 aromatic rings. The second-order valence-corrected chi connectivity index (χ2v) is 6.81. The van der Waals surface area contributed by atoms with Gasteiger partial charge in [0, 0.05) is 24.5 Å². The zero-order chi connectivity index (χ0) is 19.3. The molecule has 2 N–H and O–H groups in total. The predicted octanol–water partition coefficient (Wildman–Crippen LogP) is 3.39. The summed E-state index contributed by atoms with van der Waals surface area (Å²) >= 11 is 3.37. The van der Waals surface area contributed by atoms with Crippen molar-refractivity contribution in [2.45, 2.75) is 38.4 Å². The third-order valence-corrected chi connectivity index (χ3v) is 4.70. The third-order valence-electron chi connectivity index (χ3n) is 3.88. The Balaban J connectivity index is 2.51. The van der Waals surface area contributed by atoms with E-state index in [0.29, 0.717) is 22.2 Å². The van der Waals surface area contributed by atoms with Crippen LogP contribution in [0.2, 0.25) is 0 Å². The molecule has 0 aliphatic carbocycles. The lowest BCUT2D eigenvalue weighted by atomic mass is 10.0. The standard InChI is InChI=1S/C19H21BrO6/c1-11-5-3-6-12(21)9-13(22)7-4-8-14-17(19(24)26-11)15(23)10-16(25-2)18(14)20/h3-4,6,8,10-11,13,22-23H,5,7,9H2,1-2H3/b6-3-,8-4+. The number of fused-ring (bicyclic) bond motifs is 1. The van der Waals surface area contributed by atoms with Crippen molar-refractivity contribution >= 4 is 33.8 Å². The van der Waals surface area contributed by atoms with Gasteiger partial charge in [-0.25, -0.2) is 4.79 Å². The Bertz CT molecular complexity index is 753. The number of phenolic OH excluding ortho intramolecular Hbond substituents is 1. The van der Waals surface area contributed by atoms with E-state index >= 15 is 0 Å². The minimum Gasteiger partial charge on any atom is -0.507 e. The number of allylic oxidation sites excluding steroid dienone is 1. The fourth-order valence-corrected chi connectivity index (χ4v) is 3.17. The van der Waals surface area contributed by atoms with Crippen molar-refractivity contribution in [1.29, 1.82) is 0 Å². The highest BCUT2D eigenvalue weighted by Crippen LogP contribution is 2.38. The Morgan fingerprint density at radius 1 is 1.23 bits per heavy atom. The Morgan fingerprint density at radius 2 is 1.92 bits per heavy atom. The van der Waals surface area contributed by atoms with Gasteiger partial charge in [0.05, 0.1) is 17.7 Å². The number of aromatic hydroxyl groups is 1. The van der Waals surface area contributed by atoms with E-state index in [2.05, 4.69) is 15.9 Å². The number of esters is 1. The average molecular weight is 425 g/mol. The first-order chi connectivity index (χ1) is 12.3. The van der Waals surface area contributed by atoms with Crippen LogP contribution < -0.4 is 4.74 Å². The maximum absolute atomic E-state index is 12.6. The van der Waals surface area contributed by atoms with Crippen LogP contribution in [0, 0.1) is 0 Å². The first-order valence-corrected chi connectivity index (χ1v) is 8.97. The molecule has 0 fully saturated rings. The van der Waals surface area contributed by atoms with Crippen LogP contribution in [0.25, 0.3) is 6.08 Å². The molecule has 1 heterocycles. The number of aliphatic hydroxyl groups is 1. The fraction of sp³-hybridized carbons (Fsp3) is 0.368. The molecule has 6 nitrogen and oxygen atoms in total. The molecular formula is C19H21BrO6. The van der Waals surface area contributed by atoms with E-state index in [0.717, 1.165) is 0 Å². The zero-order valence-electron chi connectivity index (χ0n) is 14.6. The fourth-order valence-electron chi connectivity index (χ4n) is 2.57. The van der Waals surface area contributed by atoms with Crippen molar-refractivity contribution in [3.05, 3.63) is 39.9 Å². The largest absolute Gasteiger partial charge is 0.507 e. The van der Waals surface area contributed by atoms with E-state index in [4.69, 9.17) is 9.47 Å². The SMILES string of the molecule is COc1cc(O)c2c(c1Br)/C=C/CC(O)CC(=O)/C=C\CC(C)OC2=O. The van der Waals surface area contributed by atoms with E-state index in [1.54, 1.807) is 25.2 Å². The number of ether oxygens (including phenoxy) is 2. The van der Waals surface area contributed by atoms with E-state index in [1.807, 2.05) is 0 Å². The van der Waals surface area contributed by atoms with Crippen molar-refractivity contribution < 1.29 is 29.3 Å². The van der Waals surface area contributed by atoms with Crippen molar-refractivity contribution in [1.82, 2.24) is 0 Å². The molecule has 1 aromatic carbocycles. The molecule has 0 saturated heterocycles. The van der Waals surface area contributed by atoms with Crippen molar-refractivity contribution in [3.63, 3.8) is 0 Å². The van der Waals surface area contributed by atoms with Crippen LogP contribution in [0.5, 0.6) is 11.5 Å². The zero-order valence-corrected chi connectivity index (χ0v) is 16.2. The number of ketones is 1. The van der Waals surface area contributed by atoms with Gasteiger partial charge < -0.3 is 19.7 Å². The quantitative estimate of drug-likeness (QED) is 0.671. The Labute approximate surface area is 160 Å². The third kappa shape index (κ3) is 4.95. The summed E-state index contributed by atoms with van der Waals surface area (Å²) in [5, 5.41) is 20.3. The molecule has 0 spiro atoms. The van der Waals surface area contributed by atoms with Crippen LogP contribution in [-0.4, -0.2) is 41.3 Å². The van der Waals surface area contributed by atoms with Crippen LogP contribution in [0.1, 0.15) is 42.1 Å². The molecule has 2 atom stereocenters. The summed E-state index contributed by atoms with van der Waals surface area (Å²) in [4.78, 5) is 24.3. The lowest BCUT2D eigenvalue weighted by Crippen LogP contribution is -2.16. The summed E-state index contributed by atoms with van der Waals surface area (Å²) in [6.07, 6.45) is 5.46. The van der Waals surface area contributed by atoms with E-state index in [9.17, 15) is 19.8 Å². The molecule has 0 amide bonds. The van der Waals surface area contributed by atoms with Crippen LogP contribution in [0.4, 0.5) is 0 Å². The maximum atomic E-state index is 12.6. The van der Waals surface area contributed by atoms with Gasteiger partial charge in [0.1, 0.15) is 23.2 Å². The maximum Gasteiger partial charge on any atom is 0.342 e.